The zero-order chi connectivity index (χ0) is 13.0. The summed E-state index contributed by atoms with van der Waals surface area (Å²) in [6, 6.07) is 9.24. The van der Waals surface area contributed by atoms with Crippen molar-refractivity contribution >= 4 is 11.6 Å². The highest BCUT2D eigenvalue weighted by Gasteiger charge is 2.13. The lowest BCUT2D eigenvalue weighted by molar-refractivity contribution is 0.411. The maximum atomic E-state index is 5.98. The molecule has 0 saturated heterocycles. The van der Waals surface area contributed by atoms with E-state index in [9.17, 15) is 0 Å². The van der Waals surface area contributed by atoms with Gasteiger partial charge in [-0.15, -0.1) is 0 Å². The molecule has 1 unspecified atom stereocenters. The molecule has 0 bridgehead atoms. The molecule has 0 radical (unpaired) electrons. The van der Waals surface area contributed by atoms with Crippen LogP contribution in [0.4, 0.5) is 0 Å². The van der Waals surface area contributed by atoms with Crippen molar-refractivity contribution in [2.75, 3.05) is 7.11 Å². The molecule has 1 atom stereocenters. The Bertz CT molecular complexity index is 533. The number of aromatic nitrogens is 1. The second-order valence-corrected chi connectivity index (χ2v) is 4.25. The van der Waals surface area contributed by atoms with Crippen LogP contribution in [0.3, 0.4) is 0 Å². The van der Waals surface area contributed by atoms with Gasteiger partial charge in [0.1, 0.15) is 5.75 Å². The first-order valence-electron chi connectivity index (χ1n) is 5.45. The molecule has 2 rings (SSSR count). The van der Waals surface area contributed by atoms with Crippen molar-refractivity contribution in [1.29, 1.82) is 0 Å². The number of halogens is 1. The Kier molecular flexibility index (Phi) is 4.15. The van der Waals surface area contributed by atoms with Crippen LogP contribution in [0.25, 0.3) is 0 Å². The van der Waals surface area contributed by atoms with Gasteiger partial charge in [0.2, 0.25) is 0 Å². The van der Waals surface area contributed by atoms with Gasteiger partial charge in [-0.25, -0.2) is 5.43 Å². The summed E-state index contributed by atoms with van der Waals surface area (Å²) in [5, 5.41) is 0.670. The lowest BCUT2D eigenvalue weighted by Crippen LogP contribution is -2.28. The number of hydrogen-bond donors (Lipinski definition) is 2. The minimum Gasteiger partial charge on any atom is -0.495 e. The van der Waals surface area contributed by atoms with Crippen LogP contribution in [0.2, 0.25) is 5.02 Å². The number of methoxy groups -OCH3 is 1. The Morgan fingerprint density at radius 3 is 2.78 bits per heavy atom. The molecule has 4 nitrogen and oxygen atoms in total. The average molecular weight is 264 g/mol. The summed E-state index contributed by atoms with van der Waals surface area (Å²) in [6.07, 6.45) is 3.39. The van der Waals surface area contributed by atoms with Crippen LogP contribution in [-0.4, -0.2) is 12.1 Å². The van der Waals surface area contributed by atoms with Gasteiger partial charge in [-0.1, -0.05) is 23.7 Å². The van der Waals surface area contributed by atoms with Crippen molar-refractivity contribution in [3.63, 3.8) is 0 Å². The Morgan fingerprint density at radius 1 is 1.28 bits per heavy atom. The van der Waals surface area contributed by atoms with Gasteiger partial charge in [0.25, 0.3) is 0 Å². The van der Waals surface area contributed by atoms with E-state index in [2.05, 4.69) is 10.4 Å². The largest absolute Gasteiger partial charge is 0.495 e. The maximum Gasteiger partial charge on any atom is 0.137 e. The fourth-order valence-electron chi connectivity index (χ4n) is 1.78. The zero-order valence-corrected chi connectivity index (χ0v) is 10.7. The Hall–Kier alpha value is -1.62. The number of ether oxygens (including phenoxy) is 1. The van der Waals surface area contributed by atoms with Gasteiger partial charge in [-0.3, -0.25) is 10.8 Å². The van der Waals surface area contributed by atoms with Gasteiger partial charge in [0.05, 0.1) is 19.3 Å². The van der Waals surface area contributed by atoms with Crippen LogP contribution in [-0.2, 0) is 0 Å². The van der Waals surface area contributed by atoms with Crippen LogP contribution in [0.15, 0.2) is 42.7 Å². The zero-order valence-electron chi connectivity index (χ0n) is 9.93. The van der Waals surface area contributed by atoms with Crippen molar-refractivity contribution in [3.8, 4) is 5.75 Å². The van der Waals surface area contributed by atoms with E-state index in [1.165, 1.54) is 0 Å². The summed E-state index contributed by atoms with van der Waals surface area (Å²) in [5.41, 5.74) is 4.65. The molecular formula is C13H14ClN3O. The molecule has 18 heavy (non-hydrogen) atoms. The Morgan fingerprint density at radius 2 is 2.11 bits per heavy atom. The van der Waals surface area contributed by atoms with Gasteiger partial charge >= 0.3 is 0 Å². The number of hydrogen-bond acceptors (Lipinski definition) is 4. The monoisotopic (exact) mass is 263 g/mol. The number of nitrogens with zero attached hydrogens (tertiary/aromatic N) is 1. The number of benzene rings is 1. The molecule has 94 valence electrons. The molecule has 0 spiro atoms. The van der Waals surface area contributed by atoms with Crippen molar-refractivity contribution in [3.05, 3.63) is 58.9 Å². The van der Waals surface area contributed by atoms with Crippen LogP contribution in [0.1, 0.15) is 17.2 Å². The SMILES string of the molecule is COc1cncc(C(NN)c2cccc(Cl)c2)c1. The maximum absolute atomic E-state index is 5.98. The lowest BCUT2D eigenvalue weighted by Gasteiger charge is -2.17. The first-order chi connectivity index (χ1) is 8.74. The lowest BCUT2D eigenvalue weighted by atomic mass is 10.0. The fourth-order valence-corrected chi connectivity index (χ4v) is 1.97. The molecule has 1 heterocycles. The van der Waals surface area contributed by atoms with E-state index in [-0.39, 0.29) is 6.04 Å². The highest BCUT2D eigenvalue weighted by atomic mass is 35.5. The second-order valence-electron chi connectivity index (χ2n) is 3.81. The molecule has 1 aromatic heterocycles. The summed E-state index contributed by atoms with van der Waals surface area (Å²) in [7, 11) is 1.60. The number of rotatable bonds is 4. The summed E-state index contributed by atoms with van der Waals surface area (Å²) in [5.74, 6) is 6.31. The fraction of sp³-hybridized carbons (Fsp3) is 0.154. The predicted molar refractivity (Wildman–Crippen MR) is 71.4 cm³/mol. The number of nitrogens with one attached hydrogen (secondary N) is 1. The van der Waals surface area contributed by atoms with Crippen LogP contribution in [0, 0.1) is 0 Å². The van der Waals surface area contributed by atoms with E-state index in [1.807, 2.05) is 30.3 Å². The highest BCUT2D eigenvalue weighted by molar-refractivity contribution is 6.30. The quantitative estimate of drug-likeness (QED) is 0.656. The second kappa shape index (κ2) is 5.82. The van der Waals surface area contributed by atoms with Crippen molar-refractivity contribution in [1.82, 2.24) is 10.4 Å². The van der Waals surface area contributed by atoms with Gasteiger partial charge in [-0.2, -0.15) is 0 Å². The Labute approximate surface area is 111 Å². The molecule has 1 aromatic carbocycles. The van der Waals surface area contributed by atoms with Crippen LogP contribution >= 0.6 is 11.6 Å². The Balaban J connectivity index is 2.38. The van der Waals surface area contributed by atoms with E-state index in [0.29, 0.717) is 10.8 Å². The summed E-state index contributed by atoms with van der Waals surface area (Å²) < 4.78 is 5.15. The van der Waals surface area contributed by atoms with E-state index >= 15 is 0 Å². The first kappa shape index (κ1) is 12.8. The minimum absolute atomic E-state index is 0.175. The van der Waals surface area contributed by atoms with Gasteiger partial charge in [0, 0.05) is 11.2 Å². The number of pyridine rings is 1. The topological polar surface area (TPSA) is 60.2 Å². The van der Waals surface area contributed by atoms with E-state index < -0.39 is 0 Å². The molecule has 0 fully saturated rings. The van der Waals surface area contributed by atoms with Crippen molar-refractivity contribution < 1.29 is 4.74 Å². The standard InChI is InChI=1S/C13H14ClN3O/c1-18-12-6-10(7-16-8-12)13(17-15)9-3-2-4-11(14)5-9/h2-8,13,17H,15H2,1H3. The van der Waals surface area contributed by atoms with Gasteiger partial charge in [0.15, 0.2) is 0 Å². The number of hydrazine groups is 1. The summed E-state index contributed by atoms with van der Waals surface area (Å²) in [4.78, 5) is 4.12. The smallest absolute Gasteiger partial charge is 0.137 e. The third-order valence-corrected chi connectivity index (χ3v) is 2.89. The summed E-state index contributed by atoms with van der Waals surface area (Å²) >= 11 is 5.98. The van der Waals surface area contributed by atoms with Crippen molar-refractivity contribution in [2.45, 2.75) is 6.04 Å². The normalized spacial score (nSPS) is 12.2. The molecule has 0 aliphatic heterocycles. The van der Waals surface area contributed by atoms with Gasteiger partial charge < -0.3 is 4.74 Å². The third-order valence-electron chi connectivity index (χ3n) is 2.65. The molecular weight excluding hydrogens is 250 g/mol. The predicted octanol–water partition coefficient (Wildman–Crippen LogP) is 2.30. The van der Waals surface area contributed by atoms with Gasteiger partial charge in [-0.05, 0) is 29.3 Å². The minimum atomic E-state index is -0.175. The average Bonchev–Trinajstić information content (AvgIpc) is 2.40. The highest BCUT2D eigenvalue weighted by Crippen LogP contribution is 2.25. The molecule has 0 aliphatic carbocycles. The van der Waals surface area contributed by atoms with E-state index in [1.54, 1.807) is 19.5 Å². The first-order valence-corrected chi connectivity index (χ1v) is 5.83. The third kappa shape index (κ3) is 2.79. The molecule has 3 N–H and O–H groups in total. The number of nitrogens with two attached hydrogens (primary N) is 1. The molecule has 0 amide bonds. The van der Waals surface area contributed by atoms with Crippen LogP contribution < -0.4 is 16.0 Å². The molecule has 2 aromatic rings. The molecule has 5 heteroatoms. The summed E-state index contributed by atoms with van der Waals surface area (Å²) in [6.45, 7) is 0. The van der Waals surface area contributed by atoms with E-state index in [0.717, 1.165) is 11.1 Å². The van der Waals surface area contributed by atoms with E-state index in [4.69, 9.17) is 22.2 Å². The molecule has 0 saturated carbocycles. The van der Waals surface area contributed by atoms with Crippen LogP contribution in [0.5, 0.6) is 5.75 Å². The van der Waals surface area contributed by atoms with Crippen molar-refractivity contribution in [2.24, 2.45) is 5.84 Å². The molecule has 0 aliphatic rings.